The zero-order chi connectivity index (χ0) is 14.1. The van der Waals surface area contributed by atoms with Crippen LogP contribution in [0.2, 0.25) is 0 Å². The normalized spacial score (nSPS) is 36.6. The lowest BCUT2D eigenvalue weighted by Gasteiger charge is -2.37. The van der Waals surface area contributed by atoms with Gasteiger partial charge in [-0.2, -0.15) is 0 Å². The van der Waals surface area contributed by atoms with Gasteiger partial charge in [0.05, 0.1) is 0 Å². The molecule has 0 aromatic carbocycles. The first-order valence-corrected chi connectivity index (χ1v) is 9.79. The summed E-state index contributed by atoms with van der Waals surface area (Å²) in [5, 5.41) is 3.89. The minimum atomic E-state index is 0.609. The predicted octanol–water partition coefficient (Wildman–Crippen LogP) is 3.81. The lowest BCUT2D eigenvalue weighted by molar-refractivity contribution is 0.138. The number of hydrogen-bond donors (Lipinski definition) is 1. The number of nitrogens with one attached hydrogen (secondary N) is 1. The van der Waals surface area contributed by atoms with Crippen molar-refractivity contribution in [2.24, 2.45) is 17.3 Å². The van der Waals surface area contributed by atoms with Crippen LogP contribution in [0, 0.1) is 17.3 Å². The Bertz CT molecular complexity index is 329. The van der Waals surface area contributed by atoms with Crippen molar-refractivity contribution in [2.75, 3.05) is 26.2 Å². The summed E-state index contributed by atoms with van der Waals surface area (Å²) in [6.45, 7) is 5.56. The number of rotatable bonds is 5. The Morgan fingerprint density at radius 2 is 1.48 bits per heavy atom. The Labute approximate surface area is 131 Å². The van der Waals surface area contributed by atoms with Crippen LogP contribution in [-0.4, -0.2) is 37.1 Å². The van der Waals surface area contributed by atoms with Crippen LogP contribution >= 0.6 is 0 Å². The van der Waals surface area contributed by atoms with Crippen molar-refractivity contribution < 1.29 is 0 Å². The monoisotopic (exact) mass is 290 g/mol. The highest BCUT2D eigenvalue weighted by molar-refractivity contribution is 4.95. The van der Waals surface area contributed by atoms with Crippen LogP contribution in [-0.2, 0) is 0 Å². The Morgan fingerprint density at radius 1 is 0.810 bits per heavy atom. The third-order valence-corrected chi connectivity index (χ3v) is 6.87. The minimum absolute atomic E-state index is 0.609. The molecular weight excluding hydrogens is 256 g/mol. The summed E-state index contributed by atoms with van der Waals surface area (Å²) in [7, 11) is 0. The summed E-state index contributed by atoms with van der Waals surface area (Å²) in [6.07, 6.45) is 16.3. The first-order valence-electron chi connectivity index (χ1n) is 9.79. The first kappa shape index (κ1) is 14.5. The third kappa shape index (κ3) is 3.47. The number of hydrogen-bond acceptors (Lipinski definition) is 2. The largest absolute Gasteiger partial charge is 0.313 e. The molecule has 3 saturated carbocycles. The molecular formula is C19H34N2. The van der Waals surface area contributed by atoms with Gasteiger partial charge in [0.1, 0.15) is 0 Å². The summed E-state index contributed by atoms with van der Waals surface area (Å²) >= 11 is 0. The fourth-order valence-electron chi connectivity index (χ4n) is 5.45. The molecule has 0 radical (unpaired) electrons. The van der Waals surface area contributed by atoms with Crippen LogP contribution in [0.5, 0.6) is 0 Å². The molecule has 0 amide bonds. The predicted molar refractivity (Wildman–Crippen MR) is 88.4 cm³/mol. The second-order valence-corrected chi connectivity index (χ2v) is 8.71. The van der Waals surface area contributed by atoms with E-state index in [0.29, 0.717) is 5.41 Å². The molecule has 21 heavy (non-hydrogen) atoms. The molecule has 1 aliphatic heterocycles. The molecule has 1 saturated heterocycles. The smallest absolute Gasteiger partial charge is 0.00684 e. The van der Waals surface area contributed by atoms with E-state index in [1.165, 1.54) is 96.8 Å². The molecule has 4 aliphatic rings. The summed E-state index contributed by atoms with van der Waals surface area (Å²) in [6, 6.07) is 0.878. The van der Waals surface area contributed by atoms with Crippen LogP contribution in [0.15, 0.2) is 0 Å². The number of likely N-dealkylation sites (tertiary alicyclic amines) is 1. The average molecular weight is 290 g/mol. The van der Waals surface area contributed by atoms with Crippen molar-refractivity contribution in [3.8, 4) is 0 Å². The molecule has 1 N–H and O–H groups in total. The van der Waals surface area contributed by atoms with Gasteiger partial charge in [-0.1, -0.05) is 32.1 Å². The minimum Gasteiger partial charge on any atom is -0.313 e. The number of nitrogens with zero attached hydrogens (tertiary/aromatic N) is 1. The molecule has 1 heterocycles. The first-order chi connectivity index (χ1) is 10.3. The van der Waals surface area contributed by atoms with Gasteiger partial charge in [-0.3, -0.25) is 0 Å². The van der Waals surface area contributed by atoms with E-state index in [1.807, 2.05) is 0 Å². The van der Waals surface area contributed by atoms with Crippen molar-refractivity contribution >= 4 is 0 Å². The molecule has 2 nitrogen and oxygen atoms in total. The lowest BCUT2D eigenvalue weighted by Crippen LogP contribution is -2.44. The highest BCUT2D eigenvalue weighted by Gasteiger charge is 2.40. The fraction of sp³-hybridized carbons (Fsp3) is 1.00. The van der Waals surface area contributed by atoms with Gasteiger partial charge in [0, 0.05) is 32.2 Å². The maximum absolute atomic E-state index is 3.89. The van der Waals surface area contributed by atoms with E-state index in [0.717, 1.165) is 17.9 Å². The fourth-order valence-corrected chi connectivity index (χ4v) is 5.45. The molecule has 2 unspecified atom stereocenters. The van der Waals surface area contributed by atoms with E-state index in [1.54, 1.807) is 0 Å². The quantitative estimate of drug-likeness (QED) is 0.775. The highest BCUT2D eigenvalue weighted by Crippen LogP contribution is 2.41. The molecule has 120 valence electrons. The molecule has 4 rings (SSSR count). The Hall–Kier alpha value is -0.0800. The van der Waals surface area contributed by atoms with Gasteiger partial charge in [0.15, 0.2) is 0 Å². The van der Waals surface area contributed by atoms with Gasteiger partial charge in [-0.25, -0.2) is 0 Å². The van der Waals surface area contributed by atoms with Gasteiger partial charge >= 0.3 is 0 Å². The second-order valence-electron chi connectivity index (χ2n) is 8.71. The Balaban J connectivity index is 1.38. The molecule has 0 aromatic heterocycles. The lowest BCUT2D eigenvalue weighted by atomic mass is 9.79. The number of fused-ring (bicyclic) bond motifs is 1. The third-order valence-electron chi connectivity index (χ3n) is 6.87. The van der Waals surface area contributed by atoms with Crippen molar-refractivity contribution in [1.29, 1.82) is 0 Å². The zero-order valence-electron chi connectivity index (χ0n) is 13.8. The van der Waals surface area contributed by atoms with Crippen LogP contribution in [0.3, 0.4) is 0 Å². The van der Waals surface area contributed by atoms with Crippen molar-refractivity contribution in [2.45, 2.75) is 76.7 Å². The molecule has 0 spiro atoms. The highest BCUT2D eigenvalue weighted by atomic mass is 15.2. The molecule has 3 aliphatic carbocycles. The van der Waals surface area contributed by atoms with E-state index in [4.69, 9.17) is 0 Å². The Morgan fingerprint density at radius 3 is 2.10 bits per heavy atom. The Kier molecular flexibility index (Phi) is 4.28. The molecule has 2 atom stereocenters. The van der Waals surface area contributed by atoms with E-state index in [9.17, 15) is 0 Å². The summed E-state index contributed by atoms with van der Waals surface area (Å²) < 4.78 is 0. The SMILES string of the molecule is C1CCCC(CNC2CC2)(CN2CC3CCCC3C2)CC1. The standard InChI is InChI=1S/C19H34N2/c1-2-4-11-19(10-3-1,14-20-18-8-9-18)15-21-12-16-6-5-7-17(16)13-21/h16-18,20H,1-15H2. The van der Waals surface area contributed by atoms with Crippen LogP contribution in [0.25, 0.3) is 0 Å². The van der Waals surface area contributed by atoms with Crippen molar-refractivity contribution in [1.82, 2.24) is 10.2 Å². The van der Waals surface area contributed by atoms with Crippen LogP contribution in [0.1, 0.15) is 70.6 Å². The van der Waals surface area contributed by atoms with Gasteiger partial charge in [-0.05, 0) is 55.8 Å². The van der Waals surface area contributed by atoms with Crippen molar-refractivity contribution in [3.63, 3.8) is 0 Å². The van der Waals surface area contributed by atoms with Crippen LogP contribution in [0.4, 0.5) is 0 Å². The summed E-state index contributed by atoms with van der Waals surface area (Å²) in [4.78, 5) is 2.87. The van der Waals surface area contributed by atoms with Gasteiger partial charge in [-0.15, -0.1) is 0 Å². The van der Waals surface area contributed by atoms with Gasteiger partial charge in [0.25, 0.3) is 0 Å². The van der Waals surface area contributed by atoms with E-state index >= 15 is 0 Å². The average Bonchev–Trinajstić information content (AvgIpc) is 3.14. The zero-order valence-corrected chi connectivity index (χ0v) is 13.8. The second kappa shape index (κ2) is 6.20. The van der Waals surface area contributed by atoms with E-state index < -0.39 is 0 Å². The van der Waals surface area contributed by atoms with E-state index in [2.05, 4.69) is 10.2 Å². The molecule has 2 heteroatoms. The molecule has 0 aromatic rings. The summed E-state index contributed by atoms with van der Waals surface area (Å²) in [5.41, 5.74) is 0.609. The molecule has 0 bridgehead atoms. The summed E-state index contributed by atoms with van der Waals surface area (Å²) in [5.74, 6) is 2.12. The van der Waals surface area contributed by atoms with Crippen molar-refractivity contribution in [3.05, 3.63) is 0 Å². The van der Waals surface area contributed by atoms with E-state index in [-0.39, 0.29) is 0 Å². The molecule has 4 fully saturated rings. The topological polar surface area (TPSA) is 15.3 Å². The maximum atomic E-state index is 3.89. The van der Waals surface area contributed by atoms with Crippen LogP contribution < -0.4 is 5.32 Å². The maximum Gasteiger partial charge on any atom is 0.00684 e. The van der Waals surface area contributed by atoms with Gasteiger partial charge < -0.3 is 10.2 Å². The van der Waals surface area contributed by atoms with Gasteiger partial charge in [0.2, 0.25) is 0 Å².